The van der Waals surface area contributed by atoms with Gasteiger partial charge in [0.15, 0.2) is 5.96 Å². The van der Waals surface area contributed by atoms with Crippen molar-refractivity contribution in [1.29, 1.82) is 0 Å². The molecule has 2 N–H and O–H groups in total. The van der Waals surface area contributed by atoms with Crippen molar-refractivity contribution >= 4 is 29.9 Å². The molecule has 0 unspecified atom stereocenters. The van der Waals surface area contributed by atoms with E-state index in [1.165, 1.54) is 6.07 Å². The Labute approximate surface area is 127 Å². The van der Waals surface area contributed by atoms with E-state index in [9.17, 15) is 8.78 Å². The van der Waals surface area contributed by atoms with Crippen LogP contribution in [0.5, 0.6) is 5.75 Å². The molecule has 0 amide bonds. The van der Waals surface area contributed by atoms with E-state index in [2.05, 4.69) is 20.4 Å². The van der Waals surface area contributed by atoms with E-state index in [-0.39, 0.29) is 29.7 Å². The summed E-state index contributed by atoms with van der Waals surface area (Å²) in [5.74, 6) is 0.921. The van der Waals surface area contributed by atoms with Crippen molar-refractivity contribution in [3.05, 3.63) is 29.8 Å². The van der Waals surface area contributed by atoms with Crippen LogP contribution in [0.2, 0.25) is 0 Å². The summed E-state index contributed by atoms with van der Waals surface area (Å²) in [6, 6.07) is 6.62. The van der Waals surface area contributed by atoms with Gasteiger partial charge in [0.1, 0.15) is 5.75 Å². The number of hydrogen-bond acceptors (Lipinski definition) is 4. The monoisotopic (exact) mass is 383 g/mol. The lowest BCUT2D eigenvalue weighted by molar-refractivity contribution is -0.0498. The highest BCUT2D eigenvalue weighted by Crippen LogP contribution is 2.15. The molecule has 0 saturated heterocycles. The maximum atomic E-state index is 12.1. The summed E-state index contributed by atoms with van der Waals surface area (Å²) in [5, 5.41) is 6.24. The Morgan fingerprint density at radius 2 is 2.26 bits per heavy atom. The van der Waals surface area contributed by atoms with E-state index in [0.717, 1.165) is 31.0 Å². The zero-order valence-corrected chi connectivity index (χ0v) is 12.6. The third-order valence-corrected chi connectivity index (χ3v) is 2.48. The molecule has 7 heteroatoms. The first kappa shape index (κ1) is 15.9. The van der Waals surface area contributed by atoms with Gasteiger partial charge in [-0.2, -0.15) is 8.78 Å². The smallest absolute Gasteiger partial charge is 0.387 e. The van der Waals surface area contributed by atoms with Gasteiger partial charge in [-0.25, -0.2) is 0 Å². The molecule has 0 aromatic heterocycles. The van der Waals surface area contributed by atoms with Gasteiger partial charge in [0.2, 0.25) is 0 Å². The highest BCUT2D eigenvalue weighted by Gasteiger charge is 2.06. The van der Waals surface area contributed by atoms with Crippen LogP contribution in [-0.4, -0.2) is 25.7 Å². The molecule has 19 heavy (non-hydrogen) atoms. The predicted octanol–water partition coefficient (Wildman–Crippen LogP) is 2.34. The second kappa shape index (κ2) is 8.13. The number of nitrogens with zero attached hydrogens (tertiary/aromatic N) is 1. The normalized spacial score (nSPS) is 14.2. The Bertz CT molecular complexity index is 429. The van der Waals surface area contributed by atoms with Crippen LogP contribution in [0, 0.1) is 0 Å². The average Bonchev–Trinajstić information content (AvgIpc) is 2.37. The Morgan fingerprint density at radius 1 is 1.42 bits per heavy atom. The minimum Gasteiger partial charge on any atom is -0.435 e. The largest absolute Gasteiger partial charge is 0.435 e. The van der Waals surface area contributed by atoms with Crippen molar-refractivity contribution in [3.8, 4) is 5.75 Å². The summed E-state index contributed by atoms with van der Waals surface area (Å²) in [6.45, 7) is -0.561. The third-order valence-electron chi connectivity index (χ3n) is 2.48. The first-order chi connectivity index (χ1) is 8.74. The van der Waals surface area contributed by atoms with Gasteiger partial charge in [0, 0.05) is 19.6 Å². The minimum atomic E-state index is -2.79. The molecule has 1 aliphatic heterocycles. The Balaban J connectivity index is 0.00000180. The quantitative estimate of drug-likeness (QED) is 0.785. The third kappa shape index (κ3) is 5.58. The summed E-state index contributed by atoms with van der Waals surface area (Å²) in [4.78, 5) is 4.26. The minimum absolute atomic E-state index is 0. The molecule has 0 atom stereocenters. The van der Waals surface area contributed by atoms with Crippen LogP contribution in [0.1, 0.15) is 12.0 Å². The molecule has 0 spiro atoms. The van der Waals surface area contributed by atoms with Gasteiger partial charge in [-0.05, 0) is 24.1 Å². The van der Waals surface area contributed by atoms with Crippen molar-refractivity contribution in [3.63, 3.8) is 0 Å². The van der Waals surface area contributed by atoms with Gasteiger partial charge in [-0.1, -0.05) is 12.1 Å². The molecule has 1 aromatic carbocycles. The number of aliphatic imine (C=N–C) groups is 1. The lowest BCUT2D eigenvalue weighted by atomic mass is 10.2. The number of ether oxygens (including phenoxy) is 1. The molecule has 0 radical (unpaired) electrons. The molecule has 0 saturated carbocycles. The van der Waals surface area contributed by atoms with Gasteiger partial charge in [-0.3, -0.25) is 4.99 Å². The Kier molecular flexibility index (Phi) is 6.82. The molecule has 106 valence electrons. The first-order valence-corrected chi connectivity index (χ1v) is 5.80. The van der Waals surface area contributed by atoms with Crippen LogP contribution in [-0.2, 0) is 6.54 Å². The second-order valence-corrected chi connectivity index (χ2v) is 3.89. The number of benzene rings is 1. The molecular weight excluding hydrogens is 367 g/mol. The lowest BCUT2D eigenvalue weighted by Crippen LogP contribution is -2.40. The van der Waals surface area contributed by atoms with Crippen LogP contribution in [0.15, 0.2) is 29.3 Å². The van der Waals surface area contributed by atoms with Gasteiger partial charge >= 0.3 is 6.61 Å². The molecule has 1 aliphatic rings. The van der Waals surface area contributed by atoms with Gasteiger partial charge < -0.3 is 15.4 Å². The summed E-state index contributed by atoms with van der Waals surface area (Å²) < 4.78 is 28.5. The van der Waals surface area contributed by atoms with Crippen molar-refractivity contribution in [1.82, 2.24) is 10.6 Å². The van der Waals surface area contributed by atoms with Crippen LogP contribution in [0.25, 0.3) is 0 Å². The SMILES string of the molecule is FC(F)Oc1cccc(CNC2=NCCCN2)c1.I. The summed E-state index contributed by atoms with van der Waals surface area (Å²) >= 11 is 0. The van der Waals surface area contributed by atoms with Crippen LogP contribution >= 0.6 is 24.0 Å². The number of nitrogens with one attached hydrogen (secondary N) is 2. The number of alkyl halides is 2. The molecule has 0 bridgehead atoms. The van der Waals surface area contributed by atoms with Crippen molar-refractivity contribution in [2.24, 2.45) is 4.99 Å². The van der Waals surface area contributed by atoms with Gasteiger partial charge in [0.05, 0.1) is 0 Å². The van der Waals surface area contributed by atoms with Gasteiger partial charge in [-0.15, -0.1) is 24.0 Å². The molecule has 4 nitrogen and oxygen atoms in total. The molecule has 1 heterocycles. The second-order valence-electron chi connectivity index (χ2n) is 3.89. The molecule has 0 fully saturated rings. The molecular formula is C12H16F2IN3O. The van der Waals surface area contributed by atoms with E-state index in [1.807, 2.05) is 6.07 Å². The zero-order valence-electron chi connectivity index (χ0n) is 10.2. The Morgan fingerprint density at radius 3 is 2.95 bits per heavy atom. The Hall–Kier alpha value is -1.12. The summed E-state index contributed by atoms with van der Waals surface area (Å²) in [6.07, 6.45) is 1.03. The van der Waals surface area contributed by atoms with E-state index in [0.29, 0.717) is 6.54 Å². The number of guanidine groups is 1. The first-order valence-electron chi connectivity index (χ1n) is 5.80. The maximum absolute atomic E-state index is 12.1. The number of rotatable bonds is 4. The molecule has 0 aliphatic carbocycles. The van der Waals surface area contributed by atoms with Crippen molar-refractivity contribution in [2.75, 3.05) is 13.1 Å². The van der Waals surface area contributed by atoms with Crippen molar-refractivity contribution < 1.29 is 13.5 Å². The van der Waals surface area contributed by atoms with Crippen LogP contribution < -0.4 is 15.4 Å². The van der Waals surface area contributed by atoms with E-state index in [1.54, 1.807) is 12.1 Å². The average molecular weight is 383 g/mol. The van der Waals surface area contributed by atoms with Crippen LogP contribution in [0.3, 0.4) is 0 Å². The fraction of sp³-hybridized carbons (Fsp3) is 0.417. The van der Waals surface area contributed by atoms with Gasteiger partial charge in [0.25, 0.3) is 0 Å². The maximum Gasteiger partial charge on any atom is 0.387 e. The van der Waals surface area contributed by atoms with Crippen LogP contribution in [0.4, 0.5) is 8.78 Å². The van der Waals surface area contributed by atoms with E-state index < -0.39 is 6.61 Å². The fourth-order valence-corrected chi connectivity index (χ4v) is 1.67. The lowest BCUT2D eigenvalue weighted by Gasteiger charge is -2.16. The van der Waals surface area contributed by atoms with Crippen molar-refractivity contribution in [2.45, 2.75) is 19.6 Å². The predicted molar refractivity (Wildman–Crippen MR) is 80.3 cm³/mol. The van der Waals surface area contributed by atoms with E-state index in [4.69, 9.17) is 0 Å². The molecule has 1 aromatic rings. The fourth-order valence-electron chi connectivity index (χ4n) is 1.67. The highest BCUT2D eigenvalue weighted by atomic mass is 127. The zero-order chi connectivity index (χ0) is 12.8. The summed E-state index contributed by atoms with van der Waals surface area (Å²) in [5.41, 5.74) is 0.864. The standard InChI is InChI=1S/C12H15F2N3O.HI/c13-11(14)18-10-4-1-3-9(7-10)8-17-12-15-5-2-6-16-12;/h1,3-4,7,11H,2,5-6,8H2,(H2,15,16,17);1H. The topological polar surface area (TPSA) is 45.6 Å². The molecule has 2 rings (SSSR count). The number of halogens is 3. The van der Waals surface area contributed by atoms with E-state index >= 15 is 0 Å². The highest BCUT2D eigenvalue weighted by molar-refractivity contribution is 14.0. The summed E-state index contributed by atoms with van der Waals surface area (Å²) in [7, 11) is 0. The number of hydrogen-bond donors (Lipinski definition) is 2.